The standard InChI is InChI=1S/C16H20FN3/c1-11(2)14-9-10-15(20-19-14)18-16(3,4)12-5-7-13(17)8-6-12/h5-11H,1-4H3,(H,18,20). The van der Waals surface area contributed by atoms with Crippen LogP contribution in [0.25, 0.3) is 0 Å². The van der Waals surface area contributed by atoms with Gasteiger partial charge in [0.05, 0.1) is 11.2 Å². The van der Waals surface area contributed by atoms with Crippen molar-refractivity contribution in [3.05, 3.63) is 53.5 Å². The third-order valence-corrected chi connectivity index (χ3v) is 3.28. The van der Waals surface area contributed by atoms with Gasteiger partial charge in [0.2, 0.25) is 0 Å². The summed E-state index contributed by atoms with van der Waals surface area (Å²) in [5.74, 6) is 0.844. The molecular weight excluding hydrogens is 253 g/mol. The summed E-state index contributed by atoms with van der Waals surface area (Å²) >= 11 is 0. The van der Waals surface area contributed by atoms with E-state index in [9.17, 15) is 4.39 Å². The van der Waals surface area contributed by atoms with Gasteiger partial charge in [-0.1, -0.05) is 26.0 Å². The first-order valence-corrected chi connectivity index (χ1v) is 6.76. The molecule has 0 fully saturated rings. The molecule has 1 N–H and O–H groups in total. The quantitative estimate of drug-likeness (QED) is 0.911. The molecule has 0 atom stereocenters. The van der Waals surface area contributed by atoms with Crippen LogP contribution in [-0.4, -0.2) is 10.2 Å². The van der Waals surface area contributed by atoms with Gasteiger partial charge in [0.15, 0.2) is 0 Å². The van der Waals surface area contributed by atoms with Gasteiger partial charge >= 0.3 is 0 Å². The number of nitrogens with one attached hydrogen (secondary N) is 1. The maximum absolute atomic E-state index is 13.0. The van der Waals surface area contributed by atoms with Gasteiger partial charge in [0, 0.05) is 0 Å². The lowest BCUT2D eigenvalue weighted by Crippen LogP contribution is -2.28. The van der Waals surface area contributed by atoms with Crippen LogP contribution in [0.4, 0.5) is 10.2 Å². The number of hydrogen-bond donors (Lipinski definition) is 1. The lowest BCUT2D eigenvalue weighted by atomic mass is 9.94. The molecule has 1 heterocycles. The van der Waals surface area contributed by atoms with Crippen LogP contribution in [-0.2, 0) is 5.54 Å². The summed E-state index contributed by atoms with van der Waals surface area (Å²) in [4.78, 5) is 0. The molecule has 0 radical (unpaired) electrons. The normalized spacial score (nSPS) is 11.7. The van der Waals surface area contributed by atoms with Crippen molar-refractivity contribution >= 4 is 5.82 Å². The molecule has 20 heavy (non-hydrogen) atoms. The van der Waals surface area contributed by atoms with Crippen LogP contribution in [0.15, 0.2) is 36.4 Å². The smallest absolute Gasteiger partial charge is 0.149 e. The minimum absolute atomic E-state index is 0.231. The Morgan fingerprint density at radius 2 is 1.65 bits per heavy atom. The molecule has 0 bridgehead atoms. The van der Waals surface area contributed by atoms with E-state index in [1.54, 1.807) is 12.1 Å². The zero-order valence-electron chi connectivity index (χ0n) is 12.3. The summed E-state index contributed by atoms with van der Waals surface area (Å²) in [5.41, 5.74) is 1.62. The van der Waals surface area contributed by atoms with E-state index in [0.29, 0.717) is 11.7 Å². The molecule has 2 aromatic rings. The monoisotopic (exact) mass is 273 g/mol. The number of anilines is 1. The fraction of sp³-hybridized carbons (Fsp3) is 0.375. The van der Waals surface area contributed by atoms with Crippen LogP contribution in [0.3, 0.4) is 0 Å². The van der Waals surface area contributed by atoms with Crippen LogP contribution in [0, 0.1) is 5.82 Å². The first kappa shape index (κ1) is 14.4. The van der Waals surface area contributed by atoms with E-state index in [0.717, 1.165) is 11.3 Å². The molecule has 106 valence electrons. The summed E-state index contributed by atoms with van der Waals surface area (Å²) in [6, 6.07) is 10.4. The molecule has 0 aliphatic rings. The van der Waals surface area contributed by atoms with E-state index in [1.165, 1.54) is 12.1 Å². The molecule has 3 nitrogen and oxygen atoms in total. The predicted molar refractivity (Wildman–Crippen MR) is 79.2 cm³/mol. The molecule has 4 heteroatoms. The maximum atomic E-state index is 13.0. The molecule has 2 rings (SSSR count). The van der Waals surface area contributed by atoms with Crippen LogP contribution >= 0.6 is 0 Å². The van der Waals surface area contributed by atoms with Crippen molar-refractivity contribution in [2.24, 2.45) is 0 Å². The lowest BCUT2D eigenvalue weighted by Gasteiger charge is -2.27. The first-order chi connectivity index (χ1) is 9.38. The van der Waals surface area contributed by atoms with Gasteiger partial charge < -0.3 is 5.32 Å². The van der Waals surface area contributed by atoms with Gasteiger partial charge in [0.25, 0.3) is 0 Å². The van der Waals surface area contributed by atoms with Crippen molar-refractivity contribution in [3.63, 3.8) is 0 Å². The Labute approximate surface area is 119 Å². The second-order valence-corrected chi connectivity index (χ2v) is 5.76. The molecule has 1 aromatic heterocycles. The first-order valence-electron chi connectivity index (χ1n) is 6.76. The van der Waals surface area contributed by atoms with E-state index >= 15 is 0 Å². The second kappa shape index (κ2) is 5.57. The van der Waals surface area contributed by atoms with Crippen molar-refractivity contribution in [2.45, 2.75) is 39.2 Å². The summed E-state index contributed by atoms with van der Waals surface area (Å²) in [5, 5.41) is 11.7. The van der Waals surface area contributed by atoms with Gasteiger partial charge in [-0.15, -0.1) is 5.10 Å². The number of halogens is 1. The fourth-order valence-electron chi connectivity index (χ4n) is 1.98. The molecule has 1 aromatic carbocycles. The highest BCUT2D eigenvalue weighted by molar-refractivity contribution is 5.40. The Morgan fingerprint density at radius 3 is 2.15 bits per heavy atom. The molecular formula is C16H20FN3. The molecule has 0 spiro atoms. The van der Waals surface area contributed by atoms with Gasteiger partial charge in [0.1, 0.15) is 11.6 Å². The highest BCUT2D eigenvalue weighted by Crippen LogP contribution is 2.25. The summed E-state index contributed by atoms with van der Waals surface area (Å²) in [6.07, 6.45) is 0. The third-order valence-electron chi connectivity index (χ3n) is 3.28. The number of rotatable bonds is 4. The van der Waals surface area contributed by atoms with E-state index in [-0.39, 0.29) is 11.4 Å². The van der Waals surface area contributed by atoms with E-state index in [4.69, 9.17) is 0 Å². The highest BCUT2D eigenvalue weighted by Gasteiger charge is 2.20. The van der Waals surface area contributed by atoms with E-state index in [1.807, 2.05) is 26.0 Å². The Morgan fingerprint density at radius 1 is 1.00 bits per heavy atom. The van der Waals surface area contributed by atoms with Crippen LogP contribution in [0.2, 0.25) is 0 Å². The Balaban J connectivity index is 2.17. The summed E-state index contributed by atoms with van der Waals surface area (Å²) < 4.78 is 13.0. The molecule has 0 unspecified atom stereocenters. The maximum Gasteiger partial charge on any atom is 0.149 e. The third kappa shape index (κ3) is 3.32. The van der Waals surface area contributed by atoms with Crippen molar-refractivity contribution in [1.29, 1.82) is 0 Å². The zero-order valence-corrected chi connectivity index (χ0v) is 12.3. The topological polar surface area (TPSA) is 37.8 Å². The average Bonchev–Trinajstić information content (AvgIpc) is 2.39. The number of benzene rings is 1. The summed E-state index contributed by atoms with van der Waals surface area (Å²) in [7, 11) is 0. The number of aromatic nitrogens is 2. The van der Waals surface area contributed by atoms with Crippen molar-refractivity contribution in [1.82, 2.24) is 10.2 Å². The Hall–Kier alpha value is -1.97. The fourth-order valence-corrected chi connectivity index (χ4v) is 1.98. The number of nitrogens with zero attached hydrogens (tertiary/aromatic N) is 2. The van der Waals surface area contributed by atoms with Crippen LogP contribution < -0.4 is 5.32 Å². The number of hydrogen-bond acceptors (Lipinski definition) is 3. The Bertz CT molecular complexity index is 559. The van der Waals surface area contributed by atoms with Crippen LogP contribution in [0.5, 0.6) is 0 Å². The van der Waals surface area contributed by atoms with Gasteiger partial charge in [-0.05, 0) is 49.6 Å². The second-order valence-electron chi connectivity index (χ2n) is 5.76. The van der Waals surface area contributed by atoms with Crippen molar-refractivity contribution < 1.29 is 4.39 Å². The van der Waals surface area contributed by atoms with E-state index in [2.05, 4.69) is 29.4 Å². The molecule has 0 aliphatic carbocycles. The molecule has 0 amide bonds. The molecule has 0 saturated heterocycles. The van der Waals surface area contributed by atoms with Crippen molar-refractivity contribution in [2.75, 3.05) is 5.32 Å². The summed E-state index contributed by atoms with van der Waals surface area (Å²) in [6.45, 7) is 8.22. The molecule has 0 saturated carbocycles. The minimum atomic E-state index is -0.346. The van der Waals surface area contributed by atoms with Crippen molar-refractivity contribution in [3.8, 4) is 0 Å². The largest absolute Gasteiger partial charge is 0.360 e. The Kier molecular flexibility index (Phi) is 4.02. The average molecular weight is 273 g/mol. The van der Waals surface area contributed by atoms with Crippen LogP contribution in [0.1, 0.15) is 44.9 Å². The lowest BCUT2D eigenvalue weighted by molar-refractivity contribution is 0.593. The van der Waals surface area contributed by atoms with Gasteiger partial charge in [-0.25, -0.2) is 4.39 Å². The SMILES string of the molecule is CC(C)c1ccc(NC(C)(C)c2ccc(F)cc2)nn1. The van der Waals surface area contributed by atoms with E-state index < -0.39 is 0 Å². The highest BCUT2D eigenvalue weighted by atomic mass is 19.1. The predicted octanol–water partition coefficient (Wildman–Crippen LogP) is 4.09. The zero-order chi connectivity index (χ0) is 14.8. The minimum Gasteiger partial charge on any atom is -0.360 e. The van der Waals surface area contributed by atoms with Gasteiger partial charge in [-0.2, -0.15) is 5.10 Å². The molecule has 0 aliphatic heterocycles. The van der Waals surface area contributed by atoms with Gasteiger partial charge in [-0.3, -0.25) is 0 Å².